The Balaban J connectivity index is 2.17. The Morgan fingerprint density at radius 3 is 2.89 bits per heavy atom. The van der Waals surface area contributed by atoms with E-state index in [1.807, 2.05) is 38.2 Å². The number of aromatic amines is 1. The van der Waals surface area contributed by atoms with Crippen molar-refractivity contribution in [1.29, 1.82) is 0 Å². The summed E-state index contributed by atoms with van der Waals surface area (Å²) in [7, 11) is 0. The Kier molecular flexibility index (Phi) is 3.39. The third-order valence-electron chi connectivity index (χ3n) is 3.01. The molecule has 1 aromatic heterocycles. The molecule has 4 heteroatoms. The Morgan fingerprint density at radius 1 is 1.39 bits per heavy atom. The van der Waals surface area contributed by atoms with E-state index in [2.05, 4.69) is 10.3 Å². The molecular formula is C14H18N2O2. The molecule has 2 rings (SSSR count). The van der Waals surface area contributed by atoms with Crippen LogP contribution < -0.4 is 5.32 Å². The lowest BCUT2D eigenvalue weighted by Crippen LogP contribution is -2.44. The summed E-state index contributed by atoms with van der Waals surface area (Å²) < 4.78 is 0. The Bertz CT molecular complexity index is 558. The molecule has 96 valence electrons. The highest BCUT2D eigenvalue weighted by molar-refractivity contribution is 5.98. The van der Waals surface area contributed by atoms with Gasteiger partial charge in [0.1, 0.15) is 0 Å². The maximum atomic E-state index is 12.1. The number of carbonyl (C=O) groups excluding carboxylic acids is 1. The highest BCUT2D eigenvalue weighted by atomic mass is 16.3. The summed E-state index contributed by atoms with van der Waals surface area (Å²) in [5.74, 6) is -0.120. The van der Waals surface area contributed by atoms with Crippen molar-refractivity contribution in [1.82, 2.24) is 10.3 Å². The van der Waals surface area contributed by atoms with Gasteiger partial charge in [-0.2, -0.15) is 0 Å². The second kappa shape index (κ2) is 4.82. The molecule has 0 saturated heterocycles. The molecule has 0 aliphatic carbocycles. The summed E-state index contributed by atoms with van der Waals surface area (Å²) in [6, 6.07) is 7.52. The summed E-state index contributed by atoms with van der Waals surface area (Å²) in [6.07, 6.45) is 2.38. The van der Waals surface area contributed by atoms with Crippen LogP contribution in [0.5, 0.6) is 0 Å². The molecule has 4 nitrogen and oxygen atoms in total. The molecule has 0 saturated carbocycles. The fraction of sp³-hybridized carbons (Fsp3) is 0.357. The standard InChI is InChI=1S/C14H18N2O2/c1-14(2,6-8-17)16-13(18)11-4-3-10-5-7-15-12(10)9-11/h3-5,7,9,15,17H,6,8H2,1-2H3,(H,16,18). The van der Waals surface area contributed by atoms with Crippen LogP contribution in [-0.4, -0.2) is 28.1 Å². The number of carbonyl (C=O) groups is 1. The Morgan fingerprint density at radius 2 is 2.17 bits per heavy atom. The van der Waals surface area contributed by atoms with Gasteiger partial charge in [-0.3, -0.25) is 4.79 Å². The molecule has 2 aromatic rings. The molecule has 1 amide bonds. The molecule has 0 unspecified atom stereocenters. The topological polar surface area (TPSA) is 65.1 Å². The van der Waals surface area contributed by atoms with E-state index >= 15 is 0 Å². The Labute approximate surface area is 106 Å². The van der Waals surface area contributed by atoms with Gasteiger partial charge in [0, 0.05) is 29.4 Å². The van der Waals surface area contributed by atoms with Gasteiger partial charge in [-0.15, -0.1) is 0 Å². The predicted octanol–water partition coefficient (Wildman–Crippen LogP) is 2.06. The van der Waals surface area contributed by atoms with Crippen molar-refractivity contribution in [2.75, 3.05) is 6.61 Å². The van der Waals surface area contributed by atoms with Gasteiger partial charge in [-0.1, -0.05) is 6.07 Å². The first-order chi connectivity index (χ1) is 8.52. The minimum absolute atomic E-state index is 0.0585. The van der Waals surface area contributed by atoms with Crippen LogP contribution in [0.4, 0.5) is 0 Å². The minimum Gasteiger partial charge on any atom is -0.396 e. The smallest absolute Gasteiger partial charge is 0.251 e. The first-order valence-electron chi connectivity index (χ1n) is 6.02. The number of aliphatic hydroxyl groups excluding tert-OH is 1. The molecule has 1 heterocycles. The van der Waals surface area contributed by atoms with E-state index in [-0.39, 0.29) is 12.5 Å². The fourth-order valence-corrected chi connectivity index (χ4v) is 1.91. The largest absolute Gasteiger partial charge is 0.396 e. The van der Waals surface area contributed by atoms with E-state index in [0.717, 1.165) is 10.9 Å². The van der Waals surface area contributed by atoms with Gasteiger partial charge in [0.25, 0.3) is 5.91 Å². The van der Waals surface area contributed by atoms with Gasteiger partial charge in [-0.05, 0) is 43.9 Å². The third kappa shape index (κ3) is 2.71. The number of aromatic nitrogens is 1. The quantitative estimate of drug-likeness (QED) is 0.773. The van der Waals surface area contributed by atoms with Crippen LogP contribution in [0.3, 0.4) is 0 Å². The van der Waals surface area contributed by atoms with Crippen LogP contribution in [0.1, 0.15) is 30.6 Å². The average Bonchev–Trinajstić information content (AvgIpc) is 2.74. The van der Waals surface area contributed by atoms with E-state index in [9.17, 15) is 4.79 Å². The average molecular weight is 246 g/mol. The molecule has 0 bridgehead atoms. The predicted molar refractivity (Wildman–Crippen MR) is 71.5 cm³/mol. The van der Waals surface area contributed by atoms with Crippen LogP contribution in [-0.2, 0) is 0 Å². The molecule has 18 heavy (non-hydrogen) atoms. The maximum Gasteiger partial charge on any atom is 0.251 e. The van der Waals surface area contributed by atoms with Crippen molar-refractivity contribution >= 4 is 16.8 Å². The third-order valence-corrected chi connectivity index (χ3v) is 3.01. The SMILES string of the molecule is CC(C)(CCO)NC(=O)c1ccc2cc[nH]c2c1. The van der Waals surface area contributed by atoms with E-state index in [1.54, 1.807) is 6.07 Å². The zero-order valence-corrected chi connectivity index (χ0v) is 10.7. The summed E-state index contributed by atoms with van der Waals surface area (Å²) >= 11 is 0. The number of H-pyrrole nitrogens is 1. The first kappa shape index (κ1) is 12.6. The van der Waals surface area contributed by atoms with Crippen LogP contribution in [0.15, 0.2) is 30.5 Å². The van der Waals surface area contributed by atoms with E-state index < -0.39 is 5.54 Å². The van der Waals surface area contributed by atoms with Crippen molar-refractivity contribution in [2.45, 2.75) is 25.8 Å². The summed E-state index contributed by atoms with van der Waals surface area (Å²) in [5, 5.41) is 12.9. The molecular weight excluding hydrogens is 228 g/mol. The number of rotatable bonds is 4. The summed E-state index contributed by atoms with van der Waals surface area (Å²) in [5.41, 5.74) is 1.16. The number of hydrogen-bond donors (Lipinski definition) is 3. The maximum absolute atomic E-state index is 12.1. The van der Waals surface area contributed by atoms with E-state index in [0.29, 0.717) is 12.0 Å². The lowest BCUT2D eigenvalue weighted by molar-refractivity contribution is 0.0899. The summed E-state index contributed by atoms with van der Waals surface area (Å²) in [4.78, 5) is 15.2. The molecule has 3 N–H and O–H groups in total. The van der Waals surface area contributed by atoms with Crippen molar-refractivity contribution in [3.05, 3.63) is 36.0 Å². The van der Waals surface area contributed by atoms with Crippen LogP contribution in [0, 0.1) is 0 Å². The van der Waals surface area contributed by atoms with Crippen molar-refractivity contribution in [2.24, 2.45) is 0 Å². The Hall–Kier alpha value is -1.81. The molecule has 0 atom stereocenters. The van der Waals surface area contributed by atoms with Crippen molar-refractivity contribution in [3.63, 3.8) is 0 Å². The zero-order valence-electron chi connectivity index (χ0n) is 10.7. The van der Waals surface area contributed by atoms with Crippen LogP contribution >= 0.6 is 0 Å². The van der Waals surface area contributed by atoms with Gasteiger partial charge in [0.15, 0.2) is 0 Å². The fourth-order valence-electron chi connectivity index (χ4n) is 1.91. The highest BCUT2D eigenvalue weighted by Crippen LogP contribution is 2.15. The van der Waals surface area contributed by atoms with E-state index in [1.165, 1.54) is 0 Å². The van der Waals surface area contributed by atoms with Gasteiger partial charge >= 0.3 is 0 Å². The first-order valence-corrected chi connectivity index (χ1v) is 6.02. The molecule has 0 spiro atoms. The number of nitrogens with one attached hydrogen (secondary N) is 2. The number of aliphatic hydroxyl groups is 1. The molecule has 0 aliphatic heterocycles. The van der Waals surface area contributed by atoms with Gasteiger partial charge in [0.2, 0.25) is 0 Å². The van der Waals surface area contributed by atoms with Crippen LogP contribution in [0.2, 0.25) is 0 Å². The van der Waals surface area contributed by atoms with Crippen molar-refractivity contribution in [3.8, 4) is 0 Å². The number of benzene rings is 1. The molecule has 0 radical (unpaired) electrons. The van der Waals surface area contributed by atoms with Gasteiger partial charge in [-0.25, -0.2) is 0 Å². The lowest BCUT2D eigenvalue weighted by atomic mass is 10.0. The van der Waals surface area contributed by atoms with E-state index in [4.69, 9.17) is 5.11 Å². The minimum atomic E-state index is -0.406. The molecule has 0 aliphatic rings. The molecule has 1 aromatic carbocycles. The highest BCUT2D eigenvalue weighted by Gasteiger charge is 2.20. The second-order valence-electron chi connectivity index (χ2n) is 5.09. The second-order valence-corrected chi connectivity index (χ2v) is 5.09. The molecule has 0 fully saturated rings. The zero-order chi connectivity index (χ0) is 13.2. The summed E-state index contributed by atoms with van der Waals surface area (Å²) in [6.45, 7) is 3.85. The number of hydrogen-bond acceptors (Lipinski definition) is 2. The monoisotopic (exact) mass is 246 g/mol. The van der Waals surface area contributed by atoms with Gasteiger partial charge in [0.05, 0.1) is 0 Å². The normalized spacial score (nSPS) is 11.7. The van der Waals surface area contributed by atoms with Gasteiger partial charge < -0.3 is 15.4 Å². The number of amides is 1. The van der Waals surface area contributed by atoms with Crippen molar-refractivity contribution < 1.29 is 9.90 Å². The lowest BCUT2D eigenvalue weighted by Gasteiger charge is -2.25. The number of fused-ring (bicyclic) bond motifs is 1. The van der Waals surface area contributed by atoms with Crippen LogP contribution in [0.25, 0.3) is 10.9 Å².